The van der Waals surface area contributed by atoms with E-state index in [1.807, 2.05) is 34.5 Å². The highest BCUT2D eigenvalue weighted by atomic mass is 19.1. The Morgan fingerprint density at radius 3 is 2.76 bits per heavy atom. The summed E-state index contributed by atoms with van der Waals surface area (Å²) in [5.41, 5.74) is 7.34. The van der Waals surface area contributed by atoms with E-state index >= 15 is 0 Å². The minimum atomic E-state index is -0.921. The van der Waals surface area contributed by atoms with Crippen molar-refractivity contribution >= 4 is 27.6 Å². The van der Waals surface area contributed by atoms with Crippen LogP contribution in [-0.4, -0.2) is 38.6 Å². The van der Waals surface area contributed by atoms with Crippen LogP contribution in [0.1, 0.15) is 59.2 Å². The SMILES string of the molecule is CCc1nn(C)c2c1-c1c(C)ccc3c(CCCOc4cccc5cc(F)ccc45)c(C(=O)O)n(c13)CCCCOC2. The fourth-order valence-corrected chi connectivity index (χ4v) is 6.40. The number of hydrogen-bond acceptors (Lipinski definition) is 4. The Balaban J connectivity index is 1.42. The van der Waals surface area contributed by atoms with Crippen LogP contribution in [0.15, 0.2) is 48.5 Å². The van der Waals surface area contributed by atoms with Gasteiger partial charge in [-0.25, -0.2) is 9.18 Å². The maximum Gasteiger partial charge on any atom is 0.352 e. The van der Waals surface area contributed by atoms with Crippen LogP contribution >= 0.6 is 0 Å². The minimum Gasteiger partial charge on any atom is -0.493 e. The van der Waals surface area contributed by atoms with Gasteiger partial charge in [0.2, 0.25) is 0 Å². The molecule has 7 nitrogen and oxygen atoms in total. The molecule has 0 saturated heterocycles. The van der Waals surface area contributed by atoms with Crippen LogP contribution in [0.25, 0.3) is 32.8 Å². The molecular weight excluding hydrogens is 533 g/mol. The van der Waals surface area contributed by atoms with E-state index in [1.54, 1.807) is 6.07 Å². The number of halogens is 1. The molecule has 2 aromatic heterocycles. The Bertz CT molecular complexity index is 1800. The van der Waals surface area contributed by atoms with Gasteiger partial charge in [0, 0.05) is 42.1 Å². The van der Waals surface area contributed by atoms with Crippen molar-refractivity contribution in [2.24, 2.45) is 7.05 Å². The third kappa shape index (κ3) is 4.94. The first-order valence-corrected chi connectivity index (χ1v) is 14.7. The van der Waals surface area contributed by atoms with Gasteiger partial charge in [-0.2, -0.15) is 5.10 Å². The number of carbonyl (C=O) groups is 1. The van der Waals surface area contributed by atoms with E-state index in [9.17, 15) is 14.3 Å². The molecule has 0 radical (unpaired) electrons. The monoisotopic (exact) mass is 569 g/mol. The number of aryl methyl sites for hydroxylation is 5. The molecule has 0 spiro atoms. The predicted molar refractivity (Wildman–Crippen MR) is 162 cm³/mol. The molecule has 1 aliphatic rings. The van der Waals surface area contributed by atoms with E-state index in [4.69, 9.17) is 14.6 Å². The van der Waals surface area contributed by atoms with Gasteiger partial charge < -0.3 is 19.1 Å². The Morgan fingerprint density at radius 1 is 1.12 bits per heavy atom. The van der Waals surface area contributed by atoms with Crippen LogP contribution in [-0.2, 0) is 37.8 Å². The zero-order valence-electron chi connectivity index (χ0n) is 24.4. The molecule has 5 aromatic rings. The van der Waals surface area contributed by atoms with Gasteiger partial charge in [0.05, 0.1) is 30.1 Å². The van der Waals surface area contributed by atoms with E-state index in [2.05, 4.69) is 26.0 Å². The number of rotatable bonds is 7. The lowest BCUT2D eigenvalue weighted by Gasteiger charge is -2.14. The molecule has 0 amide bonds. The van der Waals surface area contributed by atoms with Crippen molar-refractivity contribution in [3.63, 3.8) is 0 Å². The van der Waals surface area contributed by atoms with Gasteiger partial charge in [0.15, 0.2) is 0 Å². The fourth-order valence-electron chi connectivity index (χ4n) is 6.40. The highest BCUT2D eigenvalue weighted by Gasteiger charge is 2.28. The van der Waals surface area contributed by atoms with Crippen LogP contribution in [0.4, 0.5) is 4.39 Å². The molecule has 3 aromatic carbocycles. The van der Waals surface area contributed by atoms with Crippen LogP contribution in [0.5, 0.6) is 5.75 Å². The number of hydrogen-bond donors (Lipinski definition) is 1. The largest absolute Gasteiger partial charge is 0.493 e. The number of aromatic nitrogens is 3. The van der Waals surface area contributed by atoms with Crippen LogP contribution in [0, 0.1) is 12.7 Å². The summed E-state index contributed by atoms with van der Waals surface area (Å²) in [7, 11) is 1.95. The molecule has 0 fully saturated rings. The van der Waals surface area contributed by atoms with E-state index in [0.29, 0.717) is 50.7 Å². The fraction of sp³-hybridized carbons (Fsp3) is 0.353. The van der Waals surface area contributed by atoms with E-state index < -0.39 is 5.97 Å². The van der Waals surface area contributed by atoms with Crippen molar-refractivity contribution in [3.05, 3.63) is 82.6 Å². The standard InChI is InChI=1S/C34H36FN3O4/c1-4-27-31-28(37(3)36-27)20-41-17-6-5-16-38-32-26(14-12-21(2)30(31)32)25(33(38)34(39)40)10-8-18-42-29-11-7-9-22-19-23(35)13-15-24(22)29/h7,9,11-15,19H,4-6,8,10,16-18,20H2,1-3H3,(H,39,40). The Kier molecular flexibility index (Phi) is 7.73. The lowest BCUT2D eigenvalue weighted by molar-refractivity contribution is 0.0683. The number of carboxylic acids is 1. The first kappa shape index (κ1) is 28.0. The van der Waals surface area contributed by atoms with Crippen molar-refractivity contribution < 1.29 is 23.8 Å². The highest BCUT2D eigenvalue weighted by molar-refractivity contribution is 6.05. The second-order valence-corrected chi connectivity index (χ2v) is 11.0. The van der Waals surface area contributed by atoms with Crippen LogP contribution < -0.4 is 4.74 Å². The van der Waals surface area contributed by atoms with Gasteiger partial charge >= 0.3 is 5.97 Å². The van der Waals surface area contributed by atoms with Crippen molar-refractivity contribution in [2.75, 3.05) is 13.2 Å². The summed E-state index contributed by atoms with van der Waals surface area (Å²) in [5, 5.41) is 18.0. The first-order chi connectivity index (χ1) is 20.4. The summed E-state index contributed by atoms with van der Waals surface area (Å²) in [6.07, 6.45) is 3.60. The topological polar surface area (TPSA) is 78.5 Å². The third-order valence-corrected chi connectivity index (χ3v) is 8.35. The number of fused-ring (bicyclic) bond motifs is 3. The van der Waals surface area contributed by atoms with Crippen molar-refractivity contribution in [3.8, 4) is 16.9 Å². The average Bonchev–Trinajstić information content (AvgIpc) is 3.45. The number of nitrogens with zero attached hydrogens (tertiary/aromatic N) is 3. The molecule has 3 heterocycles. The number of ether oxygens (including phenoxy) is 2. The van der Waals surface area contributed by atoms with Gasteiger partial charge in [-0.15, -0.1) is 0 Å². The maximum atomic E-state index is 13.7. The molecule has 6 rings (SSSR count). The van der Waals surface area contributed by atoms with Gasteiger partial charge in [-0.3, -0.25) is 4.68 Å². The third-order valence-electron chi connectivity index (χ3n) is 8.35. The van der Waals surface area contributed by atoms with Gasteiger partial charge in [-0.1, -0.05) is 31.2 Å². The lowest BCUT2D eigenvalue weighted by Crippen LogP contribution is -2.12. The summed E-state index contributed by atoms with van der Waals surface area (Å²) >= 11 is 0. The smallest absolute Gasteiger partial charge is 0.352 e. The molecule has 1 aliphatic heterocycles. The van der Waals surface area contributed by atoms with E-state index in [0.717, 1.165) is 74.6 Å². The molecule has 1 N–H and O–H groups in total. The number of carboxylic acid groups (broad SMARTS) is 1. The van der Waals surface area contributed by atoms with Crippen LogP contribution in [0.3, 0.4) is 0 Å². The van der Waals surface area contributed by atoms with Gasteiger partial charge in [0.25, 0.3) is 0 Å². The number of aromatic carboxylic acids is 1. The first-order valence-electron chi connectivity index (χ1n) is 14.7. The molecule has 0 unspecified atom stereocenters. The number of benzene rings is 3. The normalized spacial score (nSPS) is 13.7. The zero-order valence-corrected chi connectivity index (χ0v) is 24.4. The average molecular weight is 570 g/mol. The Morgan fingerprint density at radius 2 is 1.95 bits per heavy atom. The molecule has 0 bridgehead atoms. The summed E-state index contributed by atoms with van der Waals surface area (Å²) in [5.74, 6) is -0.510. The van der Waals surface area contributed by atoms with E-state index in [-0.39, 0.29) is 5.82 Å². The lowest BCUT2D eigenvalue weighted by atomic mass is 9.93. The summed E-state index contributed by atoms with van der Waals surface area (Å²) in [6, 6.07) is 14.4. The zero-order chi connectivity index (χ0) is 29.4. The quantitative estimate of drug-likeness (QED) is 0.209. The van der Waals surface area contributed by atoms with Crippen molar-refractivity contribution in [2.45, 2.75) is 59.1 Å². The van der Waals surface area contributed by atoms with Crippen molar-refractivity contribution in [1.82, 2.24) is 14.3 Å². The summed E-state index contributed by atoms with van der Waals surface area (Å²) in [6.45, 7) is 6.27. The second kappa shape index (κ2) is 11.6. The summed E-state index contributed by atoms with van der Waals surface area (Å²) in [4.78, 5) is 12.9. The highest BCUT2D eigenvalue weighted by Crippen LogP contribution is 2.41. The van der Waals surface area contributed by atoms with E-state index in [1.165, 1.54) is 12.1 Å². The van der Waals surface area contributed by atoms with Crippen LogP contribution in [0.2, 0.25) is 0 Å². The molecule has 42 heavy (non-hydrogen) atoms. The predicted octanol–water partition coefficient (Wildman–Crippen LogP) is 7.23. The molecule has 8 heteroatoms. The minimum absolute atomic E-state index is 0.283. The Hall–Kier alpha value is -4.17. The molecule has 0 saturated carbocycles. The van der Waals surface area contributed by atoms with Crippen molar-refractivity contribution in [1.29, 1.82) is 0 Å². The molecule has 0 aliphatic carbocycles. The van der Waals surface area contributed by atoms with Gasteiger partial charge in [0.1, 0.15) is 17.3 Å². The molecule has 0 atom stereocenters. The second-order valence-electron chi connectivity index (χ2n) is 11.0. The maximum absolute atomic E-state index is 13.7. The van der Waals surface area contributed by atoms with Gasteiger partial charge in [-0.05, 0) is 79.8 Å². The Labute approximate surface area is 244 Å². The summed E-state index contributed by atoms with van der Waals surface area (Å²) < 4.78 is 29.9. The molecule has 218 valence electrons. The molecular formula is C34H36FN3O4.